The number of ketones is 1. The van der Waals surface area contributed by atoms with Gasteiger partial charge >= 0.3 is 0 Å². The van der Waals surface area contributed by atoms with Gasteiger partial charge in [-0.05, 0) is 35.2 Å². The Kier molecular flexibility index (Phi) is 5.73. The summed E-state index contributed by atoms with van der Waals surface area (Å²) in [5, 5.41) is 13.1. The Labute approximate surface area is 183 Å². The Bertz CT molecular complexity index is 1140. The SMILES string of the molecule is COc1ccc(/C(O)=C2/C(=O)C(=O)N(Cc3cccs3)C2c2cccnc2)c(OC)c1. The summed E-state index contributed by atoms with van der Waals surface area (Å²) < 4.78 is 10.6. The molecule has 0 saturated carbocycles. The number of amides is 1. The average molecular weight is 436 g/mol. The number of hydrogen-bond acceptors (Lipinski definition) is 7. The second-order valence-electron chi connectivity index (χ2n) is 6.86. The van der Waals surface area contributed by atoms with Crippen LogP contribution in [0.1, 0.15) is 22.0 Å². The van der Waals surface area contributed by atoms with Crippen LogP contribution in [0.2, 0.25) is 0 Å². The van der Waals surface area contributed by atoms with Gasteiger partial charge in [0.05, 0.1) is 37.9 Å². The third-order valence-electron chi connectivity index (χ3n) is 5.11. The number of aliphatic hydroxyl groups is 1. The predicted octanol–water partition coefficient (Wildman–Crippen LogP) is 3.78. The van der Waals surface area contributed by atoms with Crippen molar-refractivity contribution in [1.82, 2.24) is 9.88 Å². The van der Waals surface area contributed by atoms with E-state index < -0.39 is 17.7 Å². The van der Waals surface area contributed by atoms with E-state index in [0.29, 0.717) is 22.6 Å². The molecule has 158 valence electrons. The van der Waals surface area contributed by atoms with E-state index in [0.717, 1.165) is 4.88 Å². The van der Waals surface area contributed by atoms with Crippen LogP contribution in [0, 0.1) is 0 Å². The van der Waals surface area contributed by atoms with Crippen LogP contribution in [-0.2, 0) is 16.1 Å². The van der Waals surface area contributed by atoms with Gasteiger partial charge in [-0.3, -0.25) is 14.6 Å². The van der Waals surface area contributed by atoms with Crippen molar-refractivity contribution in [2.24, 2.45) is 0 Å². The topological polar surface area (TPSA) is 89.0 Å². The molecule has 7 nitrogen and oxygen atoms in total. The fourth-order valence-electron chi connectivity index (χ4n) is 3.64. The minimum absolute atomic E-state index is 0.00183. The van der Waals surface area contributed by atoms with Gasteiger partial charge in [0.1, 0.15) is 17.3 Å². The van der Waals surface area contributed by atoms with Gasteiger partial charge in [0, 0.05) is 23.3 Å². The van der Waals surface area contributed by atoms with Gasteiger partial charge in [-0.2, -0.15) is 0 Å². The molecule has 1 atom stereocenters. The van der Waals surface area contributed by atoms with Gasteiger partial charge in [-0.15, -0.1) is 11.3 Å². The maximum absolute atomic E-state index is 13.1. The zero-order valence-corrected chi connectivity index (χ0v) is 17.8. The van der Waals surface area contributed by atoms with Crippen molar-refractivity contribution in [3.05, 3.63) is 81.8 Å². The smallest absolute Gasteiger partial charge is 0.295 e. The fourth-order valence-corrected chi connectivity index (χ4v) is 4.34. The van der Waals surface area contributed by atoms with Crippen molar-refractivity contribution in [2.45, 2.75) is 12.6 Å². The first-order valence-electron chi connectivity index (χ1n) is 9.48. The highest BCUT2D eigenvalue weighted by Crippen LogP contribution is 2.42. The van der Waals surface area contributed by atoms with Crippen molar-refractivity contribution in [3.8, 4) is 11.5 Å². The van der Waals surface area contributed by atoms with Crippen molar-refractivity contribution in [2.75, 3.05) is 14.2 Å². The van der Waals surface area contributed by atoms with Crippen LogP contribution in [0.3, 0.4) is 0 Å². The van der Waals surface area contributed by atoms with E-state index in [1.165, 1.54) is 30.5 Å². The second-order valence-corrected chi connectivity index (χ2v) is 7.89. The molecule has 2 aromatic heterocycles. The van der Waals surface area contributed by atoms with E-state index in [1.807, 2.05) is 17.5 Å². The number of likely N-dealkylation sites (tertiary alicyclic amines) is 1. The van der Waals surface area contributed by atoms with Crippen LogP contribution in [0.25, 0.3) is 5.76 Å². The van der Waals surface area contributed by atoms with Crippen LogP contribution in [0.15, 0.2) is 65.8 Å². The largest absolute Gasteiger partial charge is 0.507 e. The molecular formula is C23H20N2O5S. The van der Waals surface area contributed by atoms with Crippen molar-refractivity contribution in [3.63, 3.8) is 0 Å². The summed E-state index contributed by atoms with van der Waals surface area (Å²) in [6.45, 7) is 0.248. The highest BCUT2D eigenvalue weighted by atomic mass is 32.1. The molecule has 0 bridgehead atoms. The number of methoxy groups -OCH3 is 2. The van der Waals surface area contributed by atoms with E-state index in [4.69, 9.17) is 9.47 Å². The minimum Gasteiger partial charge on any atom is -0.507 e. The lowest BCUT2D eigenvalue weighted by atomic mass is 9.96. The molecule has 1 unspecified atom stereocenters. The van der Waals surface area contributed by atoms with Gasteiger partial charge in [0.2, 0.25) is 0 Å². The summed E-state index contributed by atoms with van der Waals surface area (Å²) in [7, 11) is 2.98. The molecule has 1 aliphatic rings. The molecule has 1 fully saturated rings. The molecule has 8 heteroatoms. The molecular weight excluding hydrogens is 416 g/mol. The van der Waals surface area contributed by atoms with Crippen LogP contribution in [0.5, 0.6) is 11.5 Å². The molecule has 1 aromatic carbocycles. The number of rotatable bonds is 6. The number of hydrogen-bond donors (Lipinski definition) is 1. The molecule has 1 saturated heterocycles. The average Bonchev–Trinajstić information content (AvgIpc) is 3.41. The lowest BCUT2D eigenvalue weighted by Crippen LogP contribution is -2.28. The van der Waals surface area contributed by atoms with Crippen molar-refractivity contribution in [1.29, 1.82) is 0 Å². The summed E-state index contributed by atoms with van der Waals surface area (Å²) in [6.07, 6.45) is 3.21. The van der Waals surface area contributed by atoms with E-state index in [2.05, 4.69) is 4.98 Å². The lowest BCUT2D eigenvalue weighted by molar-refractivity contribution is -0.140. The second kappa shape index (κ2) is 8.61. The van der Waals surface area contributed by atoms with Crippen molar-refractivity contribution >= 4 is 28.8 Å². The van der Waals surface area contributed by atoms with Crippen molar-refractivity contribution < 1.29 is 24.2 Å². The number of pyridine rings is 1. The monoisotopic (exact) mass is 436 g/mol. The van der Waals surface area contributed by atoms with Crippen LogP contribution >= 0.6 is 11.3 Å². The number of benzene rings is 1. The third-order valence-corrected chi connectivity index (χ3v) is 5.97. The summed E-state index contributed by atoms with van der Waals surface area (Å²) in [5.41, 5.74) is 0.927. The van der Waals surface area contributed by atoms with Gasteiger partial charge < -0.3 is 19.5 Å². The zero-order chi connectivity index (χ0) is 22.0. The summed E-state index contributed by atoms with van der Waals surface area (Å²) in [4.78, 5) is 32.6. The maximum Gasteiger partial charge on any atom is 0.295 e. The third kappa shape index (κ3) is 3.77. The highest BCUT2D eigenvalue weighted by molar-refractivity contribution is 7.09. The molecule has 0 radical (unpaired) electrons. The Morgan fingerprint density at radius 1 is 1.16 bits per heavy atom. The Morgan fingerprint density at radius 2 is 2.00 bits per heavy atom. The normalized spacial score (nSPS) is 17.7. The summed E-state index contributed by atoms with van der Waals surface area (Å²) in [5.74, 6) is -0.862. The Hall–Kier alpha value is -3.65. The molecule has 1 amide bonds. The number of nitrogens with zero attached hydrogens (tertiary/aromatic N) is 2. The van der Waals surface area contributed by atoms with E-state index in [9.17, 15) is 14.7 Å². The van der Waals surface area contributed by atoms with E-state index in [1.54, 1.807) is 42.7 Å². The number of ether oxygens (including phenoxy) is 2. The first-order chi connectivity index (χ1) is 15.0. The Morgan fingerprint density at radius 3 is 2.65 bits per heavy atom. The first kappa shape index (κ1) is 20.6. The fraction of sp³-hybridized carbons (Fsp3) is 0.174. The number of carbonyl (C=O) groups excluding carboxylic acids is 2. The molecule has 1 N–H and O–H groups in total. The molecule has 3 aromatic rings. The van der Waals surface area contributed by atoms with Crippen LogP contribution < -0.4 is 9.47 Å². The maximum atomic E-state index is 13.1. The summed E-state index contributed by atoms with van der Waals surface area (Å²) >= 11 is 1.49. The van der Waals surface area contributed by atoms with Gasteiger partial charge in [0.25, 0.3) is 11.7 Å². The molecule has 3 heterocycles. The zero-order valence-electron chi connectivity index (χ0n) is 16.9. The molecule has 0 aliphatic carbocycles. The van der Waals surface area contributed by atoms with Crippen LogP contribution in [0.4, 0.5) is 0 Å². The van der Waals surface area contributed by atoms with E-state index >= 15 is 0 Å². The number of Topliss-reactive ketones (excluding diaryl/α,β-unsaturated/α-hetero) is 1. The molecule has 0 spiro atoms. The van der Waals surface area contributed by atoms with Gasteiger partial charge in [0.15, 0.2) is 0 Å². The number of aliphatic hydroxyl groups excluding tert-OH is 1. The number of aromatic nitrogens is 1. The summed E-state index contributed by atoms with van der Waals surface area (Å²) in [6, 6.07) is 11.4. The lowest BCUT2D eigenvalue weighted by Gasteiger charge is -2.24. The predicted molar refractivity (Wildman–Crippen MR) is 116 cm³/mol. The first-order valence-corrected chi connectivity index (χ1v) is 10.4. The minimum atomic E-state index is -0.775. The highest BCUT2D eigenvalue weighted by Gasteiger charge is 2.46. The standard InChI is InChI=1S/C23H20N2O5S/c1-29-15-7-8-17(18(11-15)30-2)21(26)19-20(14-5-3-9-24-12-14)25(23(28)22(19)27)13-16-6-4-10-31-16/h3-12,20,26H,13H2,1-2H3/b21-19-. The number of thiophene rings is 1. The molecule has 31 heavy (non-hydrogen) atoms. The molecule has 1 aliphatic heterocycles. The quantitative estimate of drug-likeness (QED) is 0.359. The molecule has 4 rings (SSSR count). The van der Waals surface area contributed by atoms with E-state index in [-0.39, 0.29) is 17.9 Å². The van der Waals surface area contributed by atoms with Crippen LogP contribution in [-0.4, -0.2) is 40.9 Å². The Balaban J connectivity index is 1.88. The number of carbonyl (C=O) groups is 2. The van der Waals surface area contributed by atoms with Gasteiger partial charge in [-0.1, -0.05) is 12.1 Å². The van der Waals surface area contributed by atoms with Gasteiger partial charge in [-0.25, -0.2) is 0 Å².